The number of nitrogens with one attached hydrogen (secondary N) is 1. The molecule has 0 unspecified atom stereocenters. The largest absolute Gasteiger partial charge is 0.322 e. The predicted octanol–water partition coefficient (Wildman–Crippen LogP) is 6.83. The Hall–Kier alpha value is -3.61. The number of anilines is 1. The van der Waals surface area contributed by atoms with Gasteiger partial charge in [-0.05, 0) is 36.4 Å². The van der Waals surface area contributed by atoms with Gasteiger partial charge in [0.2, 0.25) is 0 Å². The molecule has 0 spiro atoms. The number of hydrogen-bond acceptors (Lipinski definition) is 4. The maximum absolute atomic E-state index is 13.2. The van der Waals surface area contributed by atoms with Crippen LogP contribution in [0.5, 0.6) is 0 Å². The molecule has 0 saturated carbocycles. The first kappa shape index (κ1) is 22.2. The van der Waals surface area contributed by atoms with Gasteiger partial charge in [0, 0.05) is 46.1 Å². The van der Waals surface area contributed by atoms with Crippen LogP contribution in [-0.2, 0) is 12.8 Å². The van der Waals surface area contributed by atoms with Crippen molar-refractivity contribution in [2.75, 3.05) is 5.32 Å². The van der Waals surface area contributed by atoms with Gasteiger partial charge in [-0.2, -0.15) is 5.10 Å². The van der Waals surface area contributed by atoms with E-state index in [0.29, 0.717) is 16.5 Å². The van der Waals surface area contributed by atoms with Gasteiger partial charge in [-0.15, -0.1) is 11.8 Å². The Balaban J connectivity index is 1.38. The molecule has 2 heterocycles. The Morgan fingerprint density at radius 3 is 2.65 bits per heavy atom. The summed E-state index contributed by atoms with van der Waals surface area (Å²) < 4.78 is 1.69. The number of nitrogens with zero attached hydrogens (tertiary/aromatic N) is 3. The molecule has 0 aliphatic carbocycles. The van der Waals surface area contributed by atoms with E-state index in [1.165, 1.54) is 0 Å². The fourth-order valence-electron chi connectivity index (χ4n) is 3.78. The van der Waals surface area contributed by atoms with Crippen molar-refractivity contribution in [3.8, 4) is 11.3 Å². The van der Waals surface area contributed by atoms with Crippen LogP contribution in [0.2, 0.25) is 5.15 Å². The van der Waals surface area contributed by atoms with E-state index in [-0.39, 0.29) is 5.91 Å². The highest BCUT2D eigenvalue weighted by molar-refractivity contribution is 7.98. The summed E-state index contributed by atoms with van der Waals surface area (Å²) >= 11 is 8.16. The van der Waals surface area contributed by atoms with Crippen LogP contribution in [0.15, 0.2) is 96.0 Å². The van der Waals surface area contributed by atoms with E-state index in [9.17, 15) is 4.79 Å². The molecular formula is C27H21ClN4OS. The van der Waals surface area contributed by atoms with Crippen LogP contribution in [0.4, 0.5) is 5.69 Å². The van der Waals surface area contributed by atoms with Crippen molar-refractivity contribution >= 4 is 45.9 Å². The number of halogens is 1. The molecule has 168 valence electrons. The van der Waals surface area contributed by atoms with Crippen molar-refractivity contribution in [1.82, 2.24) is 14.8 Å². The summed E-state index contributed by atoms with van der Waals surface area (Å²) in [6.07, 6.45) is 1.76. The summed E-state index contributed by atoms with van der Waals surface area (Å²) in [6, 6.07) is 27.1. The average molecular weight is 485 g/mol. The van der Waals surface area contributed by atoms with Crippen LogP contribution in [0.1, 0.15) is 15.9 Å². The van der Waals surface area contributed by atoms with Crippen LogP contribution in [-0.4, -0.2) is 20.7 Å². The second kappa shape index (κ2) is 9.71. The van der Waals surface area contributed by atoms with Crippen LogP contribution >= 0.6 is 23.4 Å². The van der Waals surface area contributed by atoms with Gasteiger partial charge < -0.3 is 5.32 Å². The summed E-state index contributed by atoms with van der Waals surface area (Å²) in [7, 11) is 1.84. The molecule has 0 fully saturated rings. The van der Waals surface area contributed by atoms with E-state index < -0.39 is 0 Å². The smallest absolute Gasteiger partial charge is 0.256 e. The molecule has 5 rings (SSSR count). The van der Waals surface area contributed by atoms with Crippen molar-refractivity contribution in [3.63, 3.8) is 0 Å². The van der Waals surface area contributed by atoms with E-state index in [1.807, 2.05) is 92.0 Å². The van der Waals surface area contributed by atoms with Crippen molar-refractivity contribution in [1.29, 1.82) is 0 Å². The maximum atomic E-state index is 13.2. The molecule has 34 heavy (non-hydrogen) atoms. The predicted molar refractivity (Wildman–Crippen MR) is 139 cm³/mol. The van der Waals surface area contributed by atoms with E-state index in [2.05, 4.69) is 15.4 Å². The number of carbonyl (C=O) groups excluding carboxylic acids is 1. The summed E-state index contributed by atoms with van der Waals surface area (Å²) in [5.41, 5.74) is 5.04. The quantitative estimate of drug-likeness (QED) is 0.268. The van der Waals surface area contributed by atoms with Crippen LogP contribution in [0.3, 0.4) is 0 Å². The molecular weight excluding hydrogens is 464 g/mol. The van der Waals surface area contributed by atoms with E-state index >= 15 is 0 Å². The first-order valence-corrected chi connectivity index (χ1v) is 12.1. The highest BCUT2D eigenvalue weighted by Crippen LogP contribution is 2.35. The van der Waals surface area contributed by atoms with Gasteiger partial charge in [-0.3, -0.25) is 14.5 Å². The number of carbonyl (C=O) groups is 1. The standard InChI is InChI=1S/C27H21ClN4OS/c1-32-26(28)22(25(31-32)18-8-3-2-4-9-18)17-34-24-12-6-5-11-21(24)27(33)30-20-13-14-23-19(16-20)10-7-15-29-23/h2-16H,17H2,1H3,(H,30,33). The van der Waals surface area contributed by atoms with Crippen molar-refractivity contribution in [2.24, 2.45) is 7.05 Å². The third-order valence-electron chi connectivity index (χ3n) is 5.48. The first-order valence-electron chi connectivity index (χ1n) is 10.7. The van der Waals surface area contributed by atoms with Gasteiger partial charge in [0.05, 0.1) is 16.8 Å². The van der Waals surface area contributed by atoms with E-state index in [1.54, 1.807) is 22.6 Å². The zero-order valence-electron chi connectivity index (χ0n) is 18.4. The van der Waals surface area contributed by atoms with Gasteiger partial charge in [0.1, 0.15) is 5.15 Å². The van der Waals surface area contributed by atoms with Gasteiger partial charge in [0.15, 0.2) is 0 Å². The second-order valence-corrected chi connectivity index (χ2v) is 9.13. The average Bonchev–Trinajstić information content (AvgIpc) is 3.16. The summed E-state index contributed by atoms with van der Waals surface area (Å²) in [6.45, 7) is 0. The third kappa shape index (κ3) is 4.55. The lowest BCUT2D eigenvalue weighted by Gasteiger charge is -2.11. The first-order chi connectivity index (χ1) is 16.6. The number of aromatic nitrogens is 3. The van der Waals surface area contributed by atoms with Crippen molar-refractivity contribution in [3.05, 3.63) is 107 Å². The SMILES string of the molecule is Cn1nc(-c2ccccc2)c(CSc2ccccc2C(=O)Nc2ccc3ncccc3c2)c1Cl. The number of amides is 1. The molecule has 0 atom stereocenters. The number of rotatable bonds is 6. The highest BCUT2D eigenvalue weighted by atomic mass is 35.5. The summed E-state index contributed by atoms with van der Waals surface area (Å²) in [5.74, 6) is 0.426. The monoisotopic (exact) mass is 484 g/mol. The number of pyridine rings is 1. The Bertz CT molecular complexity index is 1480. The Morgan fingerprint density at radius 2 is 1.79 bits per heavy atom. The van der Waals surface area contributed by atoms with E-state index in [4.69, 9.17) is 11.6 Å². The number of benzene rings is 3. The molecule has 5 nitrogen and oxygen atoms in total. The topological polar surface area (TPSA) is 59.8 Å². The van der Waals surface area contributed by atoms with Gasteiger partial charge in [-0.25, -0.2) is 0 Å². The van der Waals surface area contributed by atoms with Crippen LogP contribution in [0.25, 0.3) is 22.2 Å². The van der Waals surface area contributed by atoms with Gasteiger partial charge in [-0.1, -0.05) is 60.1 Å². The number of hydrogen-bond donors (Lipinski definition) is 1. The zero-order valence-corrected chi connectivity index (χ0v) is 20.0. The number of fused-ring (bicyclic) bond motifs is 1. The molecule has 1 N–H and O–H groups in total. The third-order valence-corrected chi connectivity index (χ3v) is 7.05. The molecule has 2 aromatic heterocycles. The minimum atomic E-state index is -0.160. The minimum Gasteiger partial charge on any atom is -0.322 e. The molecule has 0 saturated heterocycles. The molecule has 1 amide bonds. The molecule has 0 radical (unpaired) electrons. The maximum Gasteiger partial charge on any atom is 0.256 e. The van der Waals surface area contributed by atoms with E-state index in [0.717, 1.165) is 38.3 Å². The lowest BCUT2D eigenvalue weighted by Crippen LogP contribution is -2.13. The molecule has 0 aliphatic rings. The molecule has 5 aromatic rings. The fraction of sp³-hybridized carbons (Fsp3) is 0.0741. The molecule has 0 aliphatic heterocycles. The van der Waals surface area contributed by atoms with Crippen molar-refractivity contribution in [2.45, 2.75) is 10.6 Å². The molecule has 3 aromatic carbocycles. The van der Waals surface area contributed by atoms with Crippen LogP contribution in [0, 0.1) is 0 Å². The lowest BCUT2D eigenvalue weighted by molar-refractivity contribution is 0.102. The molecule has 7 heteroatoms. The second-order valence-electron chi connectivity index (χ2n) is 7.76. The molecule has 0 bridgehead atoms. The highest BCUT2D eigenvalue weighted by Gasteiger charge is 2.18. The summed E-state index contributed by atoms with van der Waals surface area (Å²) in [5, 5.41) is 9.21. The lowest BCUT2D eigenvalue weighted by atomic mass is 10.1. The van der Waals surface area contributed by atoms with Gasteiger partial charge in [0.25, 0.3) is 5.91 Å². The number of thioether (sulfide) groups is 1. The Labute approximate surface area is 206 Å². The fourth-order valence-corrected chi connectivity index (χ4v) is 5.12. The number of aryl methyl sites for hydroxylation is 1. The summed E-state index contributed by atoms with van der Waals surface area (Å²) in [4.78, 5) is 18.4. The van der Waals surface area contributed by atoms with Gasteiger partial charge >= 0.3 is 0 Å². The van der Waals surface area contributed by atoms with Crippen molar-refractivity contribution < 1.29 is 4.79 Å². The minimum absolute atomic E-state index is 0.160. The van der Waals surface area contributed by atoms with Crippen LogP contribution < -0.4 is 5.32 Å². The normalized spacial score (nSPS) is 11.0. The zero-order chi connectivity index (χ0) is 23.5. The Morgan fingerprint density at radius 1 is 1.00 bits per heavy atom. The Kier molecular flexibility index (Phi) is 6.34.